The highest BCUT2D eigenvalue weighted by atomic mass is 32.1. The molecule has 0 atom stereocenters. The third-order valence-corrected chi connectivity index (χ3v) is 4.66. The third kappa shape index (κ3) is 3.40. The molecule has 0 aliphatic heterocycles. The number of furan rings is 1. The summed E-state index contributed by atoms with van der Waals surface area (Å²) in [5.41, 5.74) is 0.715. The molecule has 0 unspecified atom stereocenters. The SMILES string of the molecule is C#CCn1c(=NC(=O)c2ccc([N+](=O)[O-])o2)sc2cc(OC)c(OC)cc21. The molecule has 27 heavy (non-hydrogen) atoms. The quantitative estimate of drug-likeness (QED) is 0.378. The summed E-state index contributed by atoms with van der Waals surface area (Å²) in [6, 6.07) is 5.80. The Morgan fingerprint density at radius 1 is 1.37 bits per heavy atom. The van der Waals surface area contributed by atoms with Gasteiger partial charge in [-0.25, -0.2) is 0 Å². The van der Waals surface area contributed by atoms with Gasteiger partial charge >= 0.3 is 11.8 Å². The van der Waals surface area contributed by atoms with E-state index in [1.54, 1.807) is 16.7 Å². The average molecular weight is 387 g/mol. The molecule has 9 nitrogen and oxygen atoms in total. The number of nitrogens with zero attached hydrogens (tertiary/aromatic N) is 3. The van der Waals surface area contributed by atoms with Gasteiger partial charge in [0.15, 0.2) is 16.3 Å². The molecule has 1 aromatic carbocycles. The summed E-state index contributed by atoms with van der Waals surface area (Å²) in [6.07, 6.45) is 5.44. The lowest BCUT2D eigenvalue weighted by Gasteiger charge is -2.08. The Bertz CT molecular complexity index is 1150. The molecule has 2 aromatic heterocycles. The Labute approximate surface area is 156 Å². The number of methoxy groups -OCH3 is 2. The molecule has 3 aromatic rings. The molecule has 0 saturated carbocycles. The predicted octanol–water partition coefficient (Wildman–Crippen LogP) is 2.60. The van der Waals surface area contributed by atoms with Crippen LogP contribution in [0.2, 0.25) is 0 Å². The van der Waals surface area contributed by atoms with Crippen molar-refractivity contribution in [3.63, 3.8) is 0 Å². The molecule has 0 fully saturated rings. The van der Waals surface area contributed by atoms with Gasteiger partial charge in [0.05, 0.1) is 37.0 Å². The van der Waals surface area contributed by atoms with Crippen molar-refractivity contribution in [2.45, 2.75) is 6.54 Å². The zero-order valence-electron chi connectivity index (χ0n) is 14.3. The number of hydrogen-bond acceptors (Lipinski definition) is 7. The first-order chi connectivity index (χ1) is 13.0. The molecule has 0 spiro atoms. The first-order valence-corrected chi connectivity index (χ1v) is 8.32. The van der Waals surface area contributed by atoms with Crippen LogP contribution in [0.1, 0.15) is 10.6 Å². The number of terminal acetylenes is 1. The number of amides is 1. The lowest BCUT2D eigenvalue weighted by atomic mass is 10.3. The Hall–Kier alpha value is -3.58. The highest BCUT2D eigenvalue weighted by molar-refractivity contribution is 7.16. The number of carbonyl (C=O) groups is 1. The van der Waals surface area contributed by atoms with E-state index in [2.05, 4.69) is 10.9 Å². The summed E-state index contributed by atoms with van der Waals surface area (Å²) in [4.78, 5) is 26.6. The van der Waals surface area contributed by atoms with Gasteiger partial charge in [-0.15, -0.1) is 6.42 Å². The van der Waals surface area contributed by atoms with Gasteiger partial charge < -0.3 is 18.5 Å². The van der Waals surface area contributed by atoms with E-state index < -0.39 is 16.7 Å². The van der Waals surface area contributed by atoms with Crippen molar-refractivity contribution < 1.29 is 23.6 Å². The van der Waals surface area contributed by atoms with Crippen LogP contribution in [0.25, 0.3) is 10.2 Å². The summed E-state index contributed by atoms with van der Waals surface area (Å²) in [6.45, 7) is 0.167. The maximum absolute atomic E-state index is 12.3. The van der Waals surface area contributed by atoms with Crippen LogP contribution in [-0.4, -0.2) is 29.6 Å². The minimum atomic E-state index is -0.751. The molecule has 1 amide bonds. The maximum atomic E-state index is 12.3. The molecular formula is C17H13N3O6S. The van der Waals surface area contributed by atoms with Crippen LogP contribution < -0.4 is 14.3 Å². The molecule has 0 bridgehead atoms. The zero-order valence-corrected chi connectivity index (χ0v) is 15.1. The van der Waals surface area contributed by atoms with Crippen molar-refractivity contribution in [1.29, 1.82) is 0 Å². The summed E-state index contributed by atoms with van der Waals surface area (Å²) in [7, 11) is 3.03. The first-order valence-electron chi connectivity index (χ1n) is 7.50. The van der Waals surface area contributed by atoms with Gasteiger partial charge in [0.1, 0.15) is 4.92 Å². The van der Waals surface area contributed by atoms with Gasteiger partial charge in [0.25, 0.3) is 0 Å². The van der Waals surface area contributed by atoms with Crippen LogP contribution >= 0.6 is 11.3 Å². The number of nitro groups is 1. The predicted molar refractivity (Wildman–Crippen MR) is 97.0 cm³/mol. The van der Waals surface area contributed by atoms with E-state index in [1.807, 2.05) is 0 Å². The number of thiazole rings is 1. The Kier molecular flexibility index (Phi) is 4.96. The molecule has 0 saturated heterocycles. The average Bonchev–Trinajstić information content (AvgIpc) is 3.26. The minimum Gasteiger partial charge on any atom is -0.493 e. The fraction of sp³-hybridized carbons (Fsp3) is 0.176. The molecule has 2 heterocycles. The van der Waals surface area contributed by atoms with Crippen LogP contribution in [0.3, 0.4) is 0 Å². The van der Waals surface area contributed by atoms with Crippen molar-refractivity contribution in [2.24, 2.45) is 4.99 Å². The fourth-order valence-corrected chi connectivity index (χ4v) is 3.45. The number of hydrogen-bond donors (Lipinski definition) is 0. The highest BCUT2D eigenvalue weighted by Crippen LogP contribution is 2.33. The minimum absolute atomic E-state index is 0.167. The number of benzene rings is 1. The van der Waals surface area contributed by atoms with Crippen molar-refractivity contribution in [3.8, 4) is 23.8 Å². The molecule has 0 N–H and O–H groups in total. The fourth-order valence-electron chi connectivity index (χ4n) is 2.41. The van der Waals surface area contributed by atoms with E-state index in [9.17, 15) is 14.9 Å². The molecular weight excluding hydrogens is 374 g/mol. The van der Waals surface area contributed by atoms with Gasteiger partial charge in [-0.3, -0.25) is 14.9 Å². The van der Waals surface area contributed by atoms with Crippen LogP contribution in [0, 0.1) is 22.5 Å². The summed E-state index contributed by atoms with van der Waals surface area (Å²) < 4.78 is 17.9. The largest absolute Gasteiger partial charge is 0.493 e. The van der Waals surface area contributed by atoms with Crippen molar-refractivity contribution in [2.75, 3.05) is 14.2 Å². The van der Waals surface area contributed by atoms with Crippen LogP contribution in [0.15, 0.2) is 33.7 Å². The van der Waals surface area contributed by atoms with Gasteiger partial charge in [-0.1, -0.05) is 17.3 Å². The second-order valence-corrected chi connectivity index (χ2v) is 6.17. The van der Waals surface area contributed by atoms with Crippen LogP contribution in [0.5, 0.6) is 11.5 Å². The van der Waals surface area contributed by atoms with Crippen molar-refractivity contribution in [3.05, 3.63) is 44.9 Å². The van der Waals surface area contributed by atoms with E-state index in [1.165, 1.54) is 31.6 Å². The first kappa shape index (κ1) is 18.2. The Balaban J connectivity index is 2.15. The second kappa shape index (κ2) is 7.35. The van der Waals surface area contributed by atoms with E-state index in [0.29, 0.717) is 21.8 Å². The molecule has 138 valence electrons. The monoisotopic (exact) mass is 387 g/mol. The molecule has 0 radical (unpaired) electrons. The van der Waals surface area contributed by atoms with E-state index >= 15 is 0 Å². The van der Waals surface area contributed by atoms with E-state index in [4.69, 9.17) is 20.3 Å². The Morgan fingerprint density at radius 2 is 2.07 bits per heavy atom. The number of fused-ring (bicyclic) bond motifs is 1. The lowest BCUT2D eigenvalue weighted by Crippen LogP contribution is -2.16. The number of carbonyl (C=O) groups excluding carboxylic acids is 1. The maximum Gasteiger partial charge on any atom is 0.433 e. The smallest absolute Gasteiger partial charge is 0.433 e. The molecule has 0 aliphatic rings. The number of aromatic nitrogens is 1. The van der Waals surface area contributed by atoms with E-state index in [0.717, 1.165) is 10.8 Å². The summed E-state index contributed by atoms with van der Waals surface area (Å²) >= 11 is 1.22. The number of ether oxygens (including phenoxy) is 2. The molecule has 0 aliphatic carbocycles. The normalized spacial score (nSPS) is 11.4. The second-order valence-electron chi connectivity index (χ2n) is 5.16. The zero-order chi connectivity index (χ0) is 19.6. The third-order valence-electron chi connectivity index (χ3n) is 3.62. The summed E-state index contributed by atoms with van der Waals surface area (Å²) in [5.74, 6) is 2.03. The van der Waals surface area contributed by atoms with Gasteiger partial charge in [0.2, 0.25) is 5.76 Å². The van der Waals surface area contributed by atoms with Gasteiger partial charge in [0, 0.05) is 12.1 Å². The number of rotatable bonds is 5. The Morgan fingerprint density at radius 3 is 2.67 bits per heavy atom. The van der Waals surface area contributed by atoms with Crippen LogP contribution in [0.4, 0.5) is 5.88 Å². The van der Waals surface area contributed by atoms with Gasteiger partial charge in [-0.2, -0.15) is 4.99 Å². The summed E-state index contributed by atoms with van der Waals surface area (Å²) in [5, 5.41) is 10.7. The van der Waals surface area contributed by atoms with E-state index in [-0.39, 0.29) is 12.3 Å². The molecule has 10 heteroatoms. The van der Waals surface area contributed by atoms with Crippen LogP contribution in [-0.2, 0) is 6.54 Å². The standard InChI is InChI=1S/C17H13N3O6S/c1-4-7-19-10-8-12(24-2)13(25-3)9-14(10)27-17(19)18-16(21)11-5-6-15(26-11)20(22)23/h1,5-6,8-9H,7H2,2-3H3. The van der Waals surface area contributed by atoms with Crippen molar-refractivity contribution in [1.82, 2.24) is 4.57 Å². The molecule has 3 rings (SSSR count). The highest BCUT2D eigenvalue weighted by Gasteiger charge is 2.18. The lowest BCUT2D eigenvalue weighted by molar-refractivity contribution is -0.402. The topological polar surface area (TPSA) is 109 Å². The van der Waals surface area contributed by atoms with Crippen molar-refractivity contribution >= 4 is 33.3 Å². The van der Waals surface area contributed by atoms with Gasteiger partial charge in [-0.05, 0) is 6.07 Å².